The summed E-state index contributed by atoms with van der Waals surface area (Å²) in [7, 11) is 0. The predicted molar refractivity (Wildman–Crippen MR) is 112 cm³/mol. The van der Waals surface area contributed by atoms with Crippen LogP contribution in [0.15, 0.2) is 42.5 Å². The van der Waals surface area contributed by atoms with Crippen LogP contribution in [0.25, 0.3) is 0 Å². The van der Waals surface area contributed by atoms with Gasteiger partial charge in [0.05, 0.1) is 0 Å². The summed E-state index contributed by atoms with van der Waals surface area (Å²) < 4.78 is 0. The van der Waals surface area contributed by atoms with Crippen molar-refractivity contribution < 1.29 is 0 Å². The third kappa shape index (κ3) is 5.10. The number of thiocarbonyl (C=S) groups is 1. The van der Waals surface area contributed by atoms with Gasteiger partial charge in [0.2, 0.25) is 0 Å². The van der Waals surface area contributed by atoms with Crippen molar-refractivity contribution in [1.29, 1.82) is 0 Å². The Morgan fingerprint density at radius 1 is 1.08 bits per heavy atom. The second-order valence-electron chi connectivity index (χ2n) is 6.49. The first-order chi connectivity index (χ1) is 12.1. The minimum absolute atomic E-state index is 0.597. The van der Waals surface area contributed by atoms with E-state index in [1.165, 1.54) is 43.6 Å². The lowest BCUT2D eigenvalue weighted by atomic mass is 10.1. The molecule has 0 atom stereocenters. The van der Waals surface area contributed by atoms with E-state index in [2.05, 4.69) is 39.8 Å². The van der Waals surface area contributed by atoms with E-state index in [1.807, 2.05) is 25.1 Å². The molecule has 0 aromatic heterocycles. The Morgan fingerprint density at radius 2 is 1.80 bits per heavy atom. The van der Waals surface area contributed by atoms with E-state index in [9.17, 15) is 0 Å². The van der Waals surface area contributed by atoms with E-state index in [0.29, 0.717) is 11.7 Å². The van der Waals surface area contributed by atoms with Gasteiger partial charge in [-0.15, -0.1) is 0 Å². The van der Waals surface area contributed by atoms with Gasteiger partial charge in [-0.1, -0.05) is 29.8 Å². The van der Waals surface area contributed by atoms with E-state index in [4.69, 9.17) is 23.8 Å². The van der Waals surface area contributed by atoms with E-state index < -0.39 is 0 Å². The standard InChI is InChI=1S/C20H24ClN3S/c1-15-5-8-17(13-19(15)21)23-20(25)22-14-16-6-9-18(10-7-16)24-11-3-2-4-12-24/h5-10,13H,2-4,11-12,14H2,1H3,(H2,22,23,25). The van der Waals surface area contributed by atoms with Crippen molar-refractivity contribution in [3.63, 3.8) is 0 Å². The number of hydrogen-bond donors (Lipinski definition) is 2. The number of piperidine rings is 1. The number of nitrogens with one attached hydrogen (secondary N) is 2. The van der Waals surface area contributed by atoms with Gasteiger partial charge in [0.15, 0.2) is 5.11 Å². The predicted octanol–water partition coefficient (Wildman–Crippen LogP) is 5.13. The summed E-state index contributed by atoms with van der Waals surface area (Å²) in [5, 5.41) is 7.75. The fourth-order valence-corrected chi connectivity index (χ4v) is 3.38. The number of benzene rings is 2. The minimum Gasteiger partial charge on any atom is -0.372 e. The third-order valence-electron chi connectivity index (χ3n) is 4.54. The first kappa shape index (κ1) is 18.0. The molecule has 0 aliphatic carbocycles. The van der Waals surface area contributed by atoms with Gasteiger partial charge in [0.1, 0.15) is 0 Å². The SMILES string of the molecule is Cc1ccc(NC(=S)NCc2ccc(N3CCCCC3)cc2)cc1Cl. The largest absolute Gasteiger partial charge is 0.372 e. The van der Waals surface area contributed by atoms with Gasteiger partial charge in [0, 0.05) is 36.0 Å². The maximum absolute atomic E-state index is 6.14. The number of nitrogens with zero attached hydrogens (tertiary/aromatic N) is 1. The second-order valence-corrected chi connectivity index (χ2v) is 7.30. The van der Waals surface area contributed by atoms with Gasteiger partial charge >= 0.3 is 0 Å². The molecule has 0 saturated carbocycles. The maximum Gasteiger partial charge on any atom is 0.171 e. The lowest BCUT2D eigenvalue weighted by molar-refractivity contribution is 0.578. The quantitative estimate of drug-likeness (QED) is 0.727. The van der Waals surface area contributed by atoms with Crippen molar-refractivity contribution in [2.45, 2.75) is 32.7 Å². The molecule has 1 fully saturated rings. The molecule has 132 valence electrons. The summed E-state index contributed by atoms with van der Waals surface area (Å²) in [5.41, 5.74) is 4.48. The van der Waals surface area contributed by atoms with Gasteiger partial charge in [-0.05, 0) is 73.8 Å². The molecule has 2 aromatic rings. The molecular weight excluding hydrogens is 350 g/mol. The van der Waals surface area contributed by atoms with Crippen molar-refractivity contribution >= 4 is 40.3 Å². The smallest absolute Gasteiger partial charge is 0.171 e. The van der Waals surface area contributed by atoms with Crippen LogP contribution >= 0.6 is 23.8 Å². The maximum atomic E-state index is 6.14. The Morgan fingerprint density at radius 3 is 2.48 bits per heavy atom. The molecule has 5 heteroatoms. The topological polar surface area (TPSA) is 27.3 Å². The highest BCUT2D eigenvalue weighted by Crippen LogP contribution is 2.21. The molecule has 0 spiro atoms. The molecule has 2 aromatic carbocycles. The van der Waals surface area contributed by atoms with E-state index in [1.54, 1.807) is 0 Å². The Bertz CT molecular complexity index is 724. The molecule has 1 aliphatic rings. The Balaban J connectivity index is 1.50. The average molecular weight is 374 g/mol. The Hall–Kier alpha value is -1.78. The summed E-state index contributed by atoms with van der Waals surface area (Å²) in [6.45, 7) is 5.03. The molecule has 25 heavy (non-hydrogen) atoms. The van der Waals surface area contributed by atoms with Crippen LogP contribution in [-0.2, 0) is 6.54 Å². The fourth-order valence-electron chi connectivity index (χ4n) is 3.00. The van der Waals surface area contributed by atoms with Crippen LogP contribution in [-0.4, -0.2) is 18.2 Å². The highest BCUT2D eigenvalue weighted by atomic mass is 35.5. The first-order valence-electron chi connectivity index (χ1n) is 8.77. The van der Waals surface area contributed by atoms with Gasteiger partial charge in [-0.2, -0.15) is 0 Å². The normalized spacial score (nSPS) is 14.2. The Labute approximate surface area is 160 Å². The molecule has 0 amide bonds. The number of halogens is 1. The van der Waals surface area contributed by atoms with E-state index in [-0.39, 0.29) is 0 Å². The van der Waals surface area contributed by atoms with Crippen LogP contribution in [0.1, 0.15) is 30.4 Å². The van der Waals surface area contributed by atoms with Crippen molar-refractivity contribution in [3.05, 3.63) is 58.6 Å². The van der Waals surface area contributed by atoms with Crippen LogP contribution in [0.5, 0.6) is 0 Å². The average Bonchev–Trinajstić information content (AvgIpc) is 2.64. The monoisotopic (exact) mass is 373 g/mol. The van der Waals surface area contributed by atoms with Crippen molar-refractivity contribution in [2.75, 3.05) is 23.3 Å². The van der Waals surface area contributed by atoms with Crippen LogP contribution < -0.4 is 15.5 Å². The summed E-state index contributed by atoms with van der Waals surface area (Å²) in [4.78, 5) is 2.47. The summed E-state index contributed by atoms with van der Waals surface area (Å²) in [6, 6.07) is 14.6. The number of rotatable bonds is 4. The number of aryl methyl sites for hydroxylation is 1. The molecule has 1 aliphatic heterocycles. The van der Waals surface area contributed by atoms with E-state index >= 15 is 0 Å². The molecule has 0 bridgehead atoms. The molecule has 1 heterocycles. The third-order valence-corrected chi connectivity index (χ3v) is 5.19. The van der Waals surface area contributed by atoms with Gasteiger partial charge < -0.3 is 15.5 Å². The molecule has 2 N–H and O–H groups in total. The van der Waals surface area contributed by atoms with Crippen molar-refractivity contribution in [3.8, 4) is 0 Å². The minimum atomic E-state index is 0.597. The van der Waals surface area contributed by atoms with E-state index in [0.717, 1.165) is 16.3 Å². The lowest BCUT2D eigenvalue weighted by Crippen LogP contribution is -2.29. The number of hydrogen-bond acceptors (Lipinski definition) is 2. The van der Waals surface area contributed by atoms with Crippen molar-refractivity contribution in [1.82, 2.24) is 5.32 Å². The highest BCUT2D eigenvalue weighted by Gasteiger charge is 2.10. The summed E-state index contributed by atoms with van der Waals surface area (Å²) >= 11 is 11.5. The summed E-state index contributed by atoms with van der Waals surface area (Å²) in [6.07, 6.45) is 3.95. The first-order valence-corrected chi connectivity index (χ1v) is 9.55. The molecule has 3 rings (SSSR count). The Kier molecular flexibility index (Phi) is 6.16. The van der Waals surface area contributed by atoms with Crippen LogP contribution in [0.3, 0.4) is 0 Å². The molecule has 3 nitrogen and oxygen atoms in total. The zero-order chi connectivity index (χ0) is 17.6. The number of anilines is 2. The molecular formula is C20H24ClN3S. The van der Waals surface area contributed by atoms with Crippen molar-refractivity contribution in [2.24, 2.45) is 0 Å². The van der Waals surface area contributed by atoms with Gasteiger partial charge in [-0.25, -0.2) is 0 Å². The van der Waals surface area contributed by atoms with Gasteiger partial charge in [0.25, 0.3) is 0 Å². The van der Waals surface area contributed by atoms with Crippen LogP contribution in [0.4, 0.5) is 11.4 Å². The lowest BCUT2D eigenvalue weighted by Gasteiger charge is -2.28. The molecule has 0 radical (unpaired) electrons. The summed E-state index contributed by atoms with van der Waals surface area (Å²) in [5.74, 6) is 0. The second kappa shape index (κ2) is 8.54. The zero-order valence-corrected chi connectivity index (χ0v) is 16.1. The molecule has 1 saturated heterocycles. The fraction of sp³-hybridized carbons (Fsp3) is 0.350. The van der Waals surface area contributed by atoms with Crippen LogP contribution in [0, 0.1) is 6.92 Å². The zero-order valence-electron chi connectivity index (χ0n) is 14.5. The highest BCUT2D eigenvalue weighted by molar-refractivity contribution is 7.80. The van der Waals surface area contributed by atoms with Crippen LogP contribution in [0.2, 0.25) is 5.02 Å². The van der Waals surface area contributed by atoms with Gasteiger partial charge in [-0.3, -0.25) is 0 Å². The molecule has 0 unspecified atom stereocenters.